The minimum absolute atomic E-state index is 0.115. The van der Waals surface area contributed by atoms with Crippen molar-refractivity contribution in [2.24, 2.45) is 5.10 Å². The summed E-state index contributed by atoms with van der Waals surface area (Å²) in [5, 5.41) is 3.77. The van der Waals surface area contributed by atoms with Gasteiger partial charge in [-0.3, -0.25) is 0 Å². The van der Waals surface area contributed by atoms with Crippen LogP contribution in [0.4, 0.5) is 0 Å². The first-order valence-corrected chi connectivity index (χ1v) is 10.6. The van der Waals surface area contributed by atoms with Crippen LogP contribution in [-0.4, -0.2) is 34.8 Å². The van der Waals surface area contributed by atoms with Crippen molar-refractivity contribution in [2.75, 3.05) is 14.2 Å². The molecule has 0 aromatic heterocycles. The van der Waals surface area contributed by atoms with E-state index in [-0.39, 0.29) is 4.90 Å². The molecule has 0 fully saturated rings. The Morgan fingerprint density at radius 2 is 1.58 bits per heavy atom. The van der Waals surface area contributed by atoms with Gasteiger partial charge in [0.15, 0.2) is 11.5 Å². The Labute approximate surface area is 180 Å². The molecule has 0 unspecified atom stereocenters. The van der Waals surface area contributed by atoms with Crippen LogP contribution in [0.1, 0.15) is 15.9 Å². The highest BCUT2D eigenvalue weighted by Gasteiger charge is 2.13. The molecule has 0 saturated heterocycles. The van der Waals surface area contributed by atoms with Crippen LogP contribution in [0.2, 0.25) is 0 Å². The van der Waals surface area contributed by atoms with Crippen molar-refractivity contribution in [3.8, 4) is 17.2 Å². The fourth-order valence-corrected chi connectivity index (χ4v) is 3.39. The lowest BCUT2D eigenvalue weighted by Crippen LogP contribution is -2.18. The molecule has 3 aromatic carbocycles. The van der Waals surface area contributed by atoms with E-state index in [1.165, 1.54) is 38.6 Å². The van der Waals surface area contributed by atoms with Crippen LogP contribution in [-0.2, 0) is 10.0 Å². The van der Waals surface area contributed by atoms with Crippen molar-refractivity contribution in [3.63, 3.8) is 0 Å². The van der Waals surface area contributed by atoms with Gasteiger partial charge in [-0.15, -0.1) is 0 Å². The molecule has 9 heteroatoms. The quantitative estimate of drug-likeness (QED) is 0.250. The Bertz CT molecular complexity index is 1180. The predicted octanol–water partition coefficient (Wildman–Crippen LogP) is 3.24. The number of hydrogen-bond donors (Lipinski definition) is 1. The van der Waals surface area contributed by atoms with E-state index >= 15 is 0 Å². The average molecular weight is 440 g/mol. The summed E-state index contributed by atoms with van der Waals surface area (Å²) < 4.78 is 39.9. The number of carbonyl (C=O) groups excluding carboxylic acids is 1. The molecule has 0 aliphatic rings. The lowest BCUT2D eigenvalue weighted by Gasteiger charge is -2.09. The average Bonchev–Trinajstić information content (AvgIpc) is 2.80. The summed E-state index contributed by atoms with van der Waals surface area (Å²) in [5.41, 5.74) is 0.917. The van der Waals surface area contributed by atoms with Crippen LogP contribution in [0, 0.1) is 0 Å². The first-order valence-electron chi connectivity index (χ1n) is 9.07. The normalized spacial score (nSPS) is 11.2. The SMILES string of the molecule is COc1ccc(C(=O)Oc2ccc(/C=N/NS(=O)(=O)c3ccccc3)cc2)cc1OC. The van der Waals surface area contributed by atoms with Gasteiger partial charge in [0.05, 0.1) is 30.9 Å². The number of rotatable bonds is 8. The lowest BCUT2D eigenvalue weighted by molar-refractivity contribution is 0.0734. The summed E-state index contributed by atoms with van der Waals surface area (Å²) in [5.74, 6) is 0.687. The van der Waals surface area contributed by atoms with E-state index in [0.717, 1.165) is 0 Å². The zero-order valence-electron chi connectivity index (χ0n) is 16.8. The van der Waals surface area contributed by atoms with Gasteiger partial charge in [-0.05, 0) is 60.2 Å². The molecule has 31 heavy (non-hydrogen) atoms. The zero-order valence-corrected chi connectivity index (χ0v) is 17.6. The fraction of sp³-hybridized carbons (Fsp3) is 0.0909. The second kappa shape index (κ2) is 9.77. The molecule has 0 saturated carbocycles. The molecule has 1 N–H and O–H groups in total. The zero-order chi connectivity index (χ0) is 22.3. The van der Waals surface area contributed by atoms with E-state index < -0.39 is 16.0 Å². The predicted molar refractivity (Wildman–Crippen MR) is 115 cm³/mol. The topological polar surface area (TPSA) is 103 Å². The first kappa shape index (κ1) is 21.8. The highest BCUT2D eigenvalue weighted by Crippen LogP contribution is 2.28. The minimum atomic E-state index is -3.73. The Morgan fingerprint density at radius 3 is 2.23 bits per heavy atom. The van der Waals surface area contributed by atoms with Crippen LogP contribution in [0.25, 0.3) is 0 Å². The third-order valence-corrected chi connectivity index (χ3v) is 5.39. The molecule has 0 radical (unpaired) electrons. The Balaban J connectivity index is 1.62. The van der Waals surface area contributed by atoms with Gasteiger partial charge in [-0.2, -0.15) is 13.5 Å². The Hall–Kier alpha value is -3.85. The monoisotopic (exact) mass is 440 g/mol. The number of esters is 1. The molecular weight excluding hydrogens is 420 g/mol. The maximum atomic E-state index is 12.4. The second-order valence-corrected chi connectivity index (χ2v) is 7.86. The van der Waals surface area contributed by atoms with Gasteiger partial charge in [-0.1, -0.05) is 18.2 Å². The number of hydrazone groups is 1. The van der Waals surface area contributed by atoms with Gasteiger partial charge in [0, 0.05) is 0 Å². The third-order valence-electron chi connectivity index (χ3n) is 4.15. The second-order valence-electron chi connectivity index (χ2n) is 6.19. The highest BCUT2D eigenvalue weighted by atomic mass is 32.2. The number of nitrogens with zero attached hydrogens (tertiary/aromatic N) is 1. The van der Waals surface area contributed by atoms with Gasteiger partial charge < -0.3 is 14.2 Å². The standard InChI is InChI=1S/C22H20N2O6S/c1-28-20-13-10-17(14-21(20)29-2)22(25)30-18-11-8-16(9-12-18)15-23-24-31(26,27)19-6-4-3-5-7-19/h3-15,24H,1-2H3/b23-15+. The van der Waals surface area contributed by atoms with Crippen LogP contribution in [0.15, 0.2) is 82.8 Å². The Morgan fingerprint density at radius 1 is 0.903 bits per heavy atom. The van der Waals surface area contributed by atoms with Crippen molar-refractivity contribution in [3.05, 3.63) is 83.9 Å². The largest absolute Gasteiger partial charge is 0.493 e. The van der Waals surface area contributed by atoms with E-state index in [1.807, 2.05) is 0 Å². The van der Waals surface area contributed by atoms with Crippen LogP contribution < -0.4 is 19.0 Å². The van der Waals surface area contributed by atoms with Gasteiger partial charge in [0.25, 0.3) is 10.0 Å². The number of benzene rings is 3. The molecule has 160 valence electrons. The van der Waals surface area contributed by atoms with Crippen molar-refractivity contribution in [1.82, 2.24) is 4.83 Å². The molecular formula is C22H20N2O6S. The molecule has 0 heterocycles. The number of carbonyl (C=O) groups is 1. The summed E-state index contributed by atoms with van der Waals surface area (Å²) in [6, 6.07) is 19.1. The molecule has 0 aliphatic carbocycles. The number of nitrogens with one attached hydrogen (secondary N) is 1. The van der Waals surface area contributed by atoms with Crippen molar-refractivity contribution < 1.29 is 27.4 Å². The first-order chi connectivity index (χ1) is 14.9. The number of sulfonamides is 1. The van der Waals surface area contributed by atoms with Crippen LogP contribution in [0.5, 0.6) is 17.2 Å². The smallest absolute Gasteiger partial charge is 0.343 e. The van der Waals surface area contributed by atoms with E-state index in [9.17, 15) is 13.2 Å². The van der Waals surface area contributed by atoms with Gasteiger partial charge >= 0.3 is 5.97 Å². The molecule has 0 aliphatic heterocycles. The molecule has 0 spiro atoms. The van der Waals surface area contributed by atoms with E-state index in [4.69, 9.17) is 14.2 Å². The van der Waals surface area contributed by atoms with Crippen molar-refractivity contribution in [2.45, 2.75) is 4.90 Å². The Kier molecular flexibility index (Phi) is 6.88. The summed E-state index contributed by atoms with van der Waals surface area (Å²) >= 11 is 0. The van der Waals surface area contributed by atoms with Gasteiger partial charge in [-0.25, -0.2) is 9.63 Å². The summed E-state index contributed by atoms with van der Waals surface area (Å²) in [6.07, 6.45) is 1.35. The third kappa shape index (κ3) is 5.61. The van der Waals surface area contributed by atoms with Crippen LogP contribution in [0.3, 0.4) is 0 Å². The number of hydrogen-bond acceptors (Lipinski definition) is 7. The highest BCUT2D eigenvalue weighted by molar-refractivity contribution is 7.89. The van der Waals surface area contributed by atoms with Crippen molar-refractivity contribution >= 4 is 22.2 Å². The van der Waals surface area contributed by atoms with Gasteiger partial charge in [0.1, 0.15) is 5.75 Å². The van der Waals surface area contributed by atoms with E-state index in [2.05, 4.69) is 9.93 Å². The molecule has 3 aromatic rings. The summed E-state index contributed by atoms with van der Waals surface area (Å²) in [6.45, 7) is 0. The summed E-state index contributed by atoms with van der Waals surface area (Å²) in [7, 11) is -0.746. The maximum absolute atomic E-state index is 12.4. The lowest BCUT2D eigenvalue weighted by atomic mass is 10.2. The molecule has 0 atom stereocenters. The maximum Gasteiger partial charge on any atom is 0.343 e. The summed E-state index contributed by atoms with van der Waals surface area (Å²) in [4.78, 5) is 14.6. The minimum Gasteiger partial charge on any atom is -0.493 e. The molecule has 0 amide bonds. The number of methoxy groups -OCH3 is 2. The van der Waals surface area contributed by atoms with Gasteiger partial charge in [0.2, 0.25) is 0 Å². The van der Waals surface area contributed by atoms with E-state index in [0.29, 0.717) is 28.4 Å². The van der Waals surface area contributed by atoms with Crippen molar-refractivity contribution in [1.29, 1.82) is 0 Å². The number of ether oxygens (including phenoxy) is 3. The van der Waals surface area contributed by atoms with Crippen LogP contribution >= 0.6 is 0 Å². The fourth-order valence-electron chi connectivity index (χ4n) is 2.57. The van der Waals surface area contributed by atoms with E-state index in [1.54, 1.807) is 54.6 Å². The molecule has 3 rings (SSSR count). The molecule has 8 nitrogen and oxygen atoms in total. The molecule has 0 bridgehead atoms.